The molecule has 1 aromatic heterocycles. The molecule has 0 aliphatic rings. The van der Waals surface area contributed by atoms with Gasteiger partial charge < -0.3 is 19.8 Å². The summed E-state index contributed by atoms with van der Waals surface area (Å²) in [5.74, 6) is 0.820. The van der Waals surface area contributed by atoms with Crippen molar-refractivity contribution >= 4 is 17.4 Å². The van der Waals surface area contributed by atoms with E-state index in [4.69, 9.17) is 9.47 Å². The molecule has 0 fully saturated rings. The molecule has 0 aliphatic carbocycles. The number of aromatic nitrogens is 2. The summed E-state index contributed by atoms with van der Waals surface area (Å²) in [7, 11) is 3.37. The van der Waals surface area contributed by atoms with Crippen molar-refractivity contribution in [3.05, 3.63) is 42.2 Å². The lowest BCUT2D eigenvalue weighted by Crippen LogP contribution is -2.45. The van der Waals surface area contributed by atoms with Gasteiger partial charge >= 0.3 is 0 Å². The van der Waals surface area contributed by atoms with Gasteiger partial charge in [-0.25, -0.2) is 4.98 Å². The monoisotopic (exact) mass is 321 g/mol. The maximum atomic E-state index is 5.55. The van der Waals surface area contributed by atoms with E-state index in [-0.39, 0.29) is 6.23 Å². The van der Waals surface area contributed by atoms with E-state index in [0.717, 1.165) is 16.6 Å². The predicted molar refractivity (Wildman–Crippen MR) is 90.1 cm³/mol. The number of hydrogen-bond acceptors (Lipinski definition) is 5. The average molecular weight is 321 g/mol. The van der Waals surface area contributed by atoms with Gasteiger partial charge in [0.05, 0.1) is 0 Å². The topological polar surface area (TPSA) is 59.2 Å². The largest absolute Gasteiger partial charge is 0.374 e. The second kappa shape index (κ2) is 7.67. The minimum absolute atomic E-state index is 0.243. The van der Waals surface area contributed by atoms with Crippen LogP contribution in [0.15, 0.2) is 41.8 Å². The van der Waals surface area contributed by atoms with Crippen LogP contribution in [0.2, 0.25) is 0 Å². The maximum Gasteiger partial charge on any atom is 0.165 e. The number of methoxy groups -OCH3 is 2. The lowest BCUT2D eigenvalue weighted by atomic mass is 10.1. The highest BCUT2D eigenvalue weighted by molar-refractivity contribution is 7.98. The molecule has 1 heterocycles. The van der Waals surface area contributed by atoms with Crippen molar-refractivity contribution < 1.29 is 9.47 Å². The second-order valence-electron chi connectivity index (χ2n) is 5.41. The Morgan fingerprint density at radius 3 is 2.73 bits per heavy atom. The first-order valence-electron chi connectivity index (χ1n) is 7.11. The number of aromatic amines is 1. The van der Waals surface area contributed by atoms with Gasteiger partial charge in [0, 0.05) is 38.1 Å². The number of ether oxygens (including phenoxy) is 2. The first-order chi connectivity index (χ1) is 10.6. The summed E-state index contributed by atoms with van der Waals surface area (Å²) >= 11 is 1.66. The summed E-state index contributed by atoms with van der Waals surface area (Å²) in [6, 6.07) is 8.20. The molecule has 0 spiro atoms. The van der Waals surface area contributed by atoms with Crippen molar-refractivity contribution in [1.82, 2.24) is 9.97 Å². The normalized spacial score (nSPS) is 13.1. The number of H-pyrrole nitrogens is 1. The highest BCUT2D eigenvalue weighted by Crippen LogP contribution is 2.27. The summed E-state index contributed by atoms with van der Waals surface area (Å²) in [6.07, 6.45) is 3.34. The van der Waals surface area contributed by atoms with E-state index in [1.165, 1.54) is 5.56 Å². The number of anilines is 1. The summed E-state index contributed by atoms with van der Waals surface area (Å²) in [6.45, 7) is 3.99. The maximum absolute atomic E-state index is 5.55. The lowest BCUT2D eigenvalue weighted by molar-refractivity contribution is -0.0814. The molecule has 6 heteroatoms. The zero-order valence-electron chi connectivity index (χ0n) is 13.4. The summed E-state index contributed by atoms with van der Waals surface area (Å²) < 4.78 is 11.1. The Balaban J connectivity index is 2.10. The molecule has 0 saturated heterocycles. The predicted octanol–water partition coefficient (Wildman–Crippen LogP) is 3.51. The van der Waals surface area contributed by atoms with Gasteiger partial charge in [-0.3, -0.25) is 0 Å². The fourth-order valence-corrected chi connectivity index (χ4v) is 2.86. The van der Waals surface area contributed by atoms with Gasteiger partial charge in [0.15, 0.2) is 11.4 Å². The molecule has 0 aliphatic heterocycles. The molecule has 2 aromatic rings. The first-order valence-corrected chi connectivity index (χ1v) is 8.10. The molecule has 1 aromatic carbocycles. The number of nitrogens with zero attached hydrogens (tertiary/aromatic N) is 1. The molecular formula is C16H23N3O2S. The number of thioether (sulfide) groups is 1. The van der Waals surface area contributed by atoms with Crippen molar-refractivity contribution in [2.75, 3.05) is 19.5 Å². The molecule has 1 atom stereocenters. The highest BCUT2D eigenvalue weighted by atomic mass is 32.2. The van der Waals surface area contributed by atoms with Crippen LogP contribution in [0.5, 0.6) is 0 Å². The van der Waals surface area contributed by atoms with Gasteiger partial charge in [-0.1, -0.05) is 30.0 Å². The third kappa shape index (κ3) is 4.25. The van der Waals surface area contributed by atoms with E-state index in [9.17, 15) is 0 Å². The number of imidazole rings is 1. The summed E-state index contributed by atoms with van der Waals surface area (Å²) in [5, 5.41) is 4.34. The smallest absolute Gasteiger partial charge is 0.165 e. The second-order valence-corrected chi connectivity index (χ2v) is 6.37. The van der Waals surface area contributed by atoms with Gasteiger partial charge in [-0.05, 0) is 25.5 Å². The molecule has 5 nitrogen and oxygen atoms in total. The number of rotatable bonds is 8. The minimum atomic E-state index is -0.435. The van der Waals surface area contributed by atoms with Crippen LogP contribution in [-0.2, 0) is 15.2 Å². The van der Waals surface area contributed by atoms with Crippen LogP contribution in [0.3, 0.4) is 0 Å². The Kier molecular flexibility index (Phi) is 5.88. The Bertz CT molecular complexity index is 573. The Hall–Kier alpha value is -1.50. The fourth-order valence-electron chi connectivity index (χ4n) is 2.03. The van der Waals surface area contributed by atoms with Gasteiger partial charge in [-0.15, -0.1) is 0 Å². The minimum Gasteiger partial charge on any atom is -0.374 e. The number of benzene rings is 1. The molecule has 22 heavy (non-hydrogen) atoms. The fraction of sp³-hybridized carbons (Fsp3) is 0.438. The van der Waals surface area contributed by atoms with Gasteiger partial charge in [0.2, 0.25) is 0 Å². The molecule has 120 valence electrons. The van der Waals surface area contributed by atoms with Crippen molar-refractivity contribution in [3.63, 3.8) is 0 Å². The Labute approximate surface area is 135 Å². The molecule has 2 N–H and O–H groups in total. The van der Waals surface area contributed by atoms with E-state index < -0.39 is 5.60 Å². The standard InChI is InChI=1S/C16H23N3O2S/c1-16(2,21-4)14(20-3)19-13-8-6-5-7-12(13)11-22-15-17-9-10-18-15/h5-10,14,19H,11H2,1-4H3,(H,17,18). The van der Waals surface area contributed by atoms with Crippen LogP contribution >= 0.6 is 11.8 Å². The number of hydrogen-bond donors (Lipinski definition) is 2. The van der Waals surface area contributed by atoms with Crippen molar-refractivity contribution in [3.8, 4) is 0 Å². The molecule has 0 bridgehead atoms. The molecule has 0 radical (unpaired) electrons. The van der Waals surface area contributed by atoms with E-state index in [2.05, 4.69) is 27.4 Å². The van der Waals surface area contributed by atoms with Crippen molar-refractivity contribution in [2.24, 2.45) is 0 Å². The van der Waals surface area contributed by atoms with Gasteiger partial charge in [0.1, 0.15) is 5.60 Å². The zero-order chi connectivity index (χ0) is 16.0. The van der Waals surface area contributed by atoms with Gasteiger partial charge in [-0.2, -0.15) is 0 Å². The highest BCUT2D eigenvalue weighted by Gasteiger charge is 2.29. The SMILES string of the molecule is COC(Nc1ccccc1CSc1ncc[nH]1)C(C)(C)OC. The summed E-state index contributed by atoms with van der Waals surface area (Å²) in [5.41, 5.74) is 1.80. The van der Waals surface area contributed by atoms with Crippen molar-refractivity contribution in [2.45, 2.75) is 36.6 Å². The van der Waals surface area contributed by atoms with Gasteiger partial charge in [0.25, 0.3) is 0 Å². The molecule has 1 unspecified atom stereocenters. The third-order valence-electron chi connectivity index (χ3n) is 3.53. The van der Waals surface area contributed by atoms with Crippen LogP contribution in [0, 0.1) is 0 Å². The molecule has 0 amide bonds. The van der Waals surface area contributed by atoms with Crippen LogP contribution in [0.25, 0.3) is 0 Å². The average Bonchev–Trinajstić information content (AvgIpc) is 3.04. The quantitative estimate of drug-likeness (QED) is 0.575. The van der Waals surface area contributed by atoms with E-state index >= 15 is 0 Å². The first kappa shape index (κ1) is 16.9. The third-order valence-corrected chi connectivity index (χ3v) is 4.49. The van der Waals surface area contributed by atoms with Crippen LogP contribution < -0.4 is 5.32 Å². The van der Waals surface area contributed by atoms with Crippen LogP contribution in [0.4, 0.5) is 5.69 Å². The number of para-hydroxylation sites is 1. The Morgan fingerprint density at radius 1 is 1.32 bits per heavy atom. The summed E-state index contributed by atoms with van der Waals surface area (Å²) in [4.78, 5) is 7.33. The van der Waals surface area contributed by atoms with Crippen LogP contribution in [0.1, 0.15) is 19.4 Å². The zero-order valence-corrected chi connectivity index (χ0v) is 14.2. The molecule has 0 saturated carbocycles. The Morgan fingerprint density at radius 2 is 2.09 bits per heavy atom. The molecule has 2 rings (SSSR count). The van der Waals surface area contributed by atoms with Crippen LogP contribution in [-0.4, -0.2) is 36.0 Å². The molecular weight excluding hydrogens is 298 g/mol. The van der Waals surface area contributed by atoms with E-state index in [0.29, 0.717) is 0 Å². The lowest BCUT2D eigenvalue weighted by Gasteiger charge is -2.33. The van der Waals surface area contributed by atoms with Crippen molar-refractivity contribution in [1.29, 1.82) is 0 Å². The van der Waals surface area contributed by atoms with E-state index in [1.807, 2.05) is 32.2 Å². The van der Waals surface area contributed by atoms with E-state index in [1.54, 1.807) is 32.2 Å². The number of nitrogens with one attached hydrogen (secondary N) is 2.